The minimum absolute atomic E-state index is 0.841. The first-order valence-electron chi connectivity index (χ1n) is 10.4. The van der Waals surface area contributed by atoms with Crippen molar-refractivity contribution in [3.63, 3.8) is 0 Å². The number of ether oxygens (including phenoxy) is 2. The molecule has 0 spiro atoms. The summed E-state index contributed by atoms with van der Waals surface area (Å²) in [6.45, 7) is 8.78. The minimum Gasteiger partial charge on any atom is -0.502 e. The first kappa shape index (κ1) is 23.1. The molecular formula is C22H42O2. The molecule has 0 rings (SSSR count). The third kappa shape index (κ3) is 21.1. The Morgan fingerprint density at radius 3 is 0.792 bits per heavy atom. The van der Waals surface area contributed by atoms with E-state index in [1.54, 1.807) is 12.5 Å². The normalized spacial score (nSPS) is 10.5. The van der Waals surface area contributed by atoms with Gasteiger partial charge in [0.1, 0.15) is 0 Å². The predicted molar refractivity (Wildman–Crippen MR) is 106 cm³/mol. The average Bonchev–Trinajstić information content (AvgIpc) is 2.60. The second kappa shape index (κ2) is 22.1. The minimum atomic E-state index is 0.841. The van der Waals surface area contributed by atoms with Gasteiger partial charge in [-0.15, -0.1) is 0 Å². The zero-order chi connectivity index (χ0) is 17.6. The number of hydrogen-bond acceptors (Lipinski definition) is 2. The van der Waals surface area contributed by atoms with Crippen molar-refractivity contribution in [2.24, 2.45) is 0 Å². The first-order chi connectivity index (χ1) is 11.9. The van der Waals surface area contributed by atoms with E-state index >= 15 is 0 Å². The molecule has 0 aliphatic heterocycles. The topological polar surface area (TPSA) is 18.5 Å². The van der Waals surface area contributed by atoms with Crippen molar-refractivity contribution in [1.29, 1.82) is 0 Å². The highest BCUT2D eigenvalue weighted by Crippen LogP contribution is 2.13. The molecule has 2 nitrogen and oxygen atoms in total. The van der Waals surface area contributed by atoms with Crippen LogP contribution in [0, 0.1) is 0 Å². The highest BCUT2D eigenvalue weighted by molar-refractivity contribution is 4.52. The molecule has 0 bridgehead atoms. The van der Waals surface area contributed by atoms with Gasteiger partial charge in [0, 0.05) is 0 Å². The van der Waals surface area contributed by atoms with E-state index in [1.807, 2.05) is 0 Å². The summed E-state index contributed by atoms with van der Waals surface area (Å²) in [6, 6.07) is 0. The van der Waals surface area contributed by atoms with Crippen molar-refractivity contribution in [2.45, 2.75) is 103 Å². The molecule has 0 aromatic heterocycles. The molecule has 0 N–H and O–H groups in total. The molecule has 0 fully saturated rings. The fraction of sp³-hybridized carbons (Fsp3) is 0.818. The zero-order valence-corrected chi connectivity index (χ0v) is 16.1. The van der Waals surface area contributed by atoms with Crippen molar-refractivity contribution in [1.82, 2.24) is 0 Å². The molecule has 0 amide bonds. The maximum atomic E-state index is 5.12. The maximum Gasteiger partial charge on any atom is 0.0873 e. The molecule has 0 unspecified atom stereocenters. The second-order valence-corrected chi connectivity index (χ2v) is 6.73. The number of hydrogen-bond donors (Lipinski definition) is 0. The Kier molecular flexibility index (Phi) is 21.2. The van der Waals surface area contributed by atoms with Crippen LogP contribution in [0.2, 0.25) is 0 Å². The van der Waals surface area contributed by atoms with Crippen LogP contribution in [0.3, 0.4) is 0 Å². The Labute approximate surface area is 151 Å². The summed E-state index contributed by atoms with van der Waals surface area (Å²) in [5.74, 6) is 0. The van der Waals surface area contributed by atoms with Crippen LogP contribution < -0.4 is 0 Å². The van der Waals surface area contributed by atoms with E-state index in [1.165, 1.54) is 103 Å². The van der Waals surface area contributed by atoms with E-state index in [2.05, 4.69) is 13.2 Å². The molecule has 0 radical (unpaired) electrons. The summed E-state index contributed by atoms with van der Waals surface area (Å²) in [7, 11) is 0. The molecule has 0 aromatic carbocycles. The van der Waals surface area contributed by atoms with Gasteiger partial charge >= 0.3 is 0 Å². The maximum absolute atomic E-state index is 5.12. The molecule has 2 heteroatoms. The summed E-state index contributed by atoms with van der Waals surface area (Å²) in [6.07, 6.45) is 25.0. The summed E-state index contributed by atoms with van der Waals surface area (Å²) in [5.41, 5.74) is 0. The summed E-state index contributed by atoms with van der Waals surface area (Å²) in [5, 5.41) is 0. The first-order valence-corrected chi connectivity index (χ1v) is 10.4. The zero-order valence-electron chi connectivity index (χ0n) is 16.1. The third-order valence-electron chi connectivity index (χ3n) is 4.51. The second-order valence-electron chi connectivity index (χ2n) is 6.73. The average molecular weight is 339 g/mol. The van der Waals surface area contributed by atoms with Crippen LogP contribution >= 0.6 is 0 Å². The van der Waals surface area contributed by atoms with Crippen molar-refractivity contribution < 1.29 is 9.47 Å². The van der Waals surface area contributed by atoms with Gasteiger partial charge in [0.15, 0.2) is 0 Å². The summed E-state index contributed by atoms with van der Waals surface area (Å²) in [4.78, 5) is 0. The van der Waals surface area contributed by atoms with E-state index in [4.69, 9.17) is 9.47 Å². The lowest BCUT2D eigenvalue weighted by Gasteiger charge is -2.04. The van der Waals surface area contributed by atoms with Gasteiger partial charge in [-0.25, -0.2) is 0 Å². The Morgan fingerprint density at radius 2 is 0.583 bits per heavy atom. The van der Waals surface area contributed by atoms with Crippen LogP contribution in [0.5, 0.6) is 0 Å². The molecule has 0 aromatic rings. The van der Waals surface area contributed by atoms with Gasteiger partial charge < -0.3 is 9.47 Å². The van der Waals surface area contributed by atoms with Crippen LogP contribution in [-0.2, 0) is 9.47 Å². The predicted octanol–water partition coefficient (Wildman–Crippen LogP) is 7.55. The molecule has 0 atom stereocenters. The molecule has 0 saturated carbocycles. The Bertz CT molecular complexity index is 224. The van der Waals surface area contributed by atoms with Crippen LogP contribution in [0.4, 0.5) is 0 Å². The van der Waals surface area contributed by atoms with Crippen molar-refractivity contribution in [2.75, 3.05) is 13.2 Å². The van der Waals surface area contributed by atoms with Crippen molar-refractivity contribution in [3.8, 4) is 0 Å². The monoisotopic (exact) mass is 338 g/mol. The van der Waals surface area contributed by atoms with E-state index < -0.39 is 0 Å². The number of unbranched alkanes of at least 4 members (excludes halogenated alkanes) is 15. The van der Waals surface area contributed by atoms with Crippen molar-refractivity contribution in [3.05, 3.63) is 25.7 Å². The van der Waals surface area contributed by atoms with E-state index in [0.29, 0.717) is 0 Å². The van der Waals surface area contributed by atoms with Gasteiger partial charge in [0.2, 0.25) is 0 Å². The molecule has 0 saturated heterocycles. The lowest BCUT2D eigenvalue weighted by Crippen LogP contribution is -1.88. The van der Waals surface area contributed by atoms with Gasteiger partial charge in [-0.05, 0) is 12.8 Å². The number of rotatable bonds is 21. The quantitative estimate of drug-likeness (QED) is 0.159. The van der Waals surface area contributed by atoms with Gasteiger partial charge in [0.05, 0.1) is 25.7 Å². The smallest absolute Gasteiger partial charge is 0.0873 e. The molecule has 24 heavy (non-hydrogen) atoms. The van der Waals surface area contributed by atoms with E-state index in [-0.39, 0.29) is 0 Å². The van der Waals surface area contributed by atoms with Gasteiger partial charge in [-0.3, -0.25) is 0 Å². The van der Waals surface area contributed by atoms with E-state index in [9.17, 15) is 0 Å². The highest BCUT2D eigenvalue weighted by Gasteiger charge is 1.95. The van der Waals surface area contributed by atoms with Crippen LogP contribution in [0.15, 0.2) is 25.7 Å². The molecular weight excluding hydrogens is 296 g/mol. The fourth-order valence-electron chi connectivity index (χ4n) is 3.01. The SMILES string of the molecule is C=COCCCCCCCCCCCCCCCCCCOC=C. The molecule has 0 heterocycles. The molecule has 0 aliphatic carbocycles. The Hall–Kier alpha value is -0.920. The summed E-state index contributed by atoms with van der Waals surface area (Å²) < 4.78 is 10.2. The van der Waals surface area contributed by atoms with Gasteiger partial charge in [0.25, 0.3) is 0 Å². The van der Waals surface area contributed by atoms with Gasteiger partial charge in [-0.1, -0.05) is 103 Å². The molecule has 0 aliphatic rings. The van der Waals surface area contributed by atoms with Crippen LogP contribution in [-0.4, -0.2) is 13.2 Å². The summed E-state index contributed by atoms with van der Waals surface area (Å²) >= 11 is 0. The highest BCUT2D eigenvalue weighted by atomic mass is 16.5. The Balaban J connectivity index is 2.95. The van der Waals surface area contributed by atoms with Crippen molar-refractivity contribution >= 4 is 0 Å². The van der Waals surface area contributed by atoms with Crippen LogP contribution in [0.25, 0.3) is 0 Å². The lowest BCUT2D eigenvalue weighted by atomic mass is 10.0. The lowest BCUT2D eigenvalue weighted by molar-refractivity contribution is 0.241. The van der Waals surface area contributed by atoms with Crippen LogP contribution in [0.1, 0.15) is 103 Å². The molecule has 142 valence electrons. The standard InChI is InChI=1S/C22H42O2/c1-3-23-21-19-17-15-13-11-9-7-5-6-8-10-12-14-16-18-20-22-24-4-2/h3-4H,1-2,5-22H2. The third-order valence-corrected chi connectivity index (χ3v) is 4.51. The fourth-order valence-corrected chi connectivity index (χ4v) is 3.01. The Morgan fingerprint density at radius 1 is 0.375 bits per heavy atom. The largest absolute Gasteiger partial charge is 0.502 e. The van der Waals surface area contributed by atoms with E-state index in [0.717, 1.165) is 13.2 Å². The van der Waals surface area contributed by atoms with Gasteiger partial charge in [-0.2, -0.15) is 0 Å².